The molecule has 282 valence electrons. The van der Waals surface area contributed by atoms with Gasteiger partial charge in [-0.15, -0.1) is 0 Å². The van der Waals surface area contributed by atoms with E-state index >= 15 is 0 Å². The Hall–Kier alpha value is -8.15. The van der Waals surface area contributed by atoms with Crippen molar-refractivity contribution < 1.29 is 4.42 Å². The predicted molar refractivity (Wildman–Crippen MR) is 246 cm³/mol. The fourth-order valence-electron chi connectivity index (χ4n) is 8.16. The lowest BCUT2D eigenvalue weighted by Gasteiger charge is -2.26. The number of aromatic nitrogens is 3. The van der Waals surface area contributed by atoms with Crippen LogP contribution in [0.25, 0.3) is 89.1 Å². The van der Waals surface area contributed by atoms with Gasteiger partial charge in [0, 0.05) is 49.9 Å². The van der Waals surface area contributed by atoms with E-state index in [1.165, 1.54) is 5.56 Å². The molecule has 0 fully saturated rings. The third-order valence-electron chi connectivity index (χ3n) is 11.1. The molecule has 0 aliphatic carbocycles. The summed E-state index contributed by atoms with van der Waals surface area (Å²) >= 11 is 0. The average Bonchev–Trinajstić information content (AvgIpc) is 3.71. The molecule has 2 heterocycles. The Bertz CT molecular complexity index is 3240. The Morgan fingerprint density at radius 1 is 0.300 bits per heavy atom. The maximum Gasteiger partial charge on any atom is 0.164 e. The lowest BCUT2D eigenvalue weighted by atomic mass is 9.94. The molecule has 11 aromatic rings. The van der Waals surface area contributed by atoms with Crippen molar-refractivity contribution >= 4 is 49.8 Å². The Kier molecular flexibility index (Phi) is 8.75. The summed E-state index contributed by atoms with van der Waals surface area (Å²) in [6.45, 7) is 0. The SMILES string of the molecule is c1ccc(-c2ccc(-c3nc(-c4ccccc4)nc(-c4ccc(-c5cc6c7ccccc7oc6c6cc(N(c7ccccc7)c7ccccc7)ccc56)cc4)n3)cc2)cc1. The van der Waals surface area contributed by atoms with Crippen molar-refractivity contribution in [3.05, 3.63) is 218 Å². The van der Waals surface area contributed by atoms with Crippen LogP contribution in [-0.4, -0.2) is 15.0 Å². The Balaban J connectivity index is 1.03. The van der Waals surface area contributed by atoms with Gasteiger partial charge in [-0.25, -0.2) is 15.0 Å². The monoisotopic (exact) mass is 768 g/mol. The van der Waals surface area contributed by atoms with E-state index in [4.69, 9.17) is 19.4 Å². The van der Waals surface area contributed by atoms with Crippen molar-refractivity contribution in [2.24, 2.45) is 0 Å². The van der Waals surface area contributed by atoms with E-state index in [0.29, 0.717) is 17.5 Å². The highest BCUT2D eigenvalue weighted by Crippen LogP contribution is 2.43. The largest absolute Gasteiger partial charge is 0.455 e. The number of rotatable bonds is 8. The summed E-state index contributed by atoms with van der Waals surface area (Å²) < 4.78 is 6.66. The standard InChI is InChI=1S/C55H36N4O/c1-5-15-37(16-6-1)38-25-29-41(30-26-38)54-56-53(40-17-7-2-8-18-40)57-55(58-54)42-31-27-39(28-32-42)48-36-50-47-23-13-14-24-51(47)60-52(50)49-35-45(33-34-46(48)49)59(43-19-9-3-10-20-43)44-21-11-4-12-22-44/h1-36H. The molecule has 5 heteroatoms. The fourth-order valence-corrected chi connectivity index (χ4v) is 8.16. The van der Waals surface area contributed by atoms with Gasteiger partial charge >= 0.3 is 0 Å². The molecule has 9 aromatic carbocycles. The zero-order valence-electron chi connectivity index (χ0n) is 32.5. The van der Waals surface area contributed by atoms with E-state index in [9.17, 15) is 0 Å². The molecule has 0 radical (unpaired) electrons. The smallest absolute Gasteiger partial charge is 0.164 e. The van der Waals surface area contributed by atoms with Gasteiger partial charge in [-0.05, 0) is 76.2 Å². The molecule has 0 saturated heterocycles. The summed E-state index contributed by atoms with van der Waals surface area (Å²) in [6, 6.07) is 75.7. The Labute approximate surface area is 347 Å². The van der Waals surface area contributed by atoms with Crippen LogP contribution >= 0.6 is 0 Å². The van der Waals surface area contributed by atoms with E-state index in [1.807, 2.05) is 48.5 Å². The third kappa shape index (κ3) is 6.45. The van der Waals surface area contributed by atoms with Gasteiger partial charge < -0.3 is 9.32 Å². The number of furan rings is 1. The number of anilines is 3. The van der Waals surface area contributed by atoms with Crippen LogP contribution < -0.4 is 4.90 Å². The zero-order chi connectivity index (χ0) is 39.8. The minimum absolute atomic E-state index is 0.616. The van der Waals surface area contributed by atoms with Crippen molar-refractivity contribution in [1.29, 1.82) is 0 Å². The summed E-state index contributed by atoms with van der Waals surface area (Å²) in [5.41, 5.74) is 12.2. The first kappa shape index (κ1) is 35.0. The second kappa shape index (κ2) is 15.0. The van der Waals surface area contributed by atoms with Gasteiger partial charge in [0.05, 0.1) is 0 Å². The lowest BCUT2D eigenvalue weighted by molar-refractivity contribution is 0.672. The molecule has 0 unspecified atom stereocenters. The van der Waals surface area contributed by atoms with E-state index in [2.05, 4.69) is 175 Å². The van der Waals surface area contributed by atoms with Crippen LogP contribution in [-0.2, 0) is 0 Å². The Morgan fingerprint density at radius 2 is 0.733 bits per heavy atom. The quantitative estimate of drug-likeness (QED) is 0.154. The van der Waals surface area contributed by atoms with Crippen LogP contribution in [0.15, 0.2) is 223 Å². The number of benzene rings is 9. The van der Waals surface area contributed by atoms with Gasteiger partial charge in [-0.3, -0.25) is 0 Å². The number of hydrogen-bond donors (Lipinski definition) is 0. The van der Waals surface area contributed by atoms with Gasteiger partial charge in [0.1, 0.15) is 11.2 Å². The highest BCUT2D eigenvalue weighted by molar-refractivity contribution is 6.19. The highest BCUT2D eigenvalue weighted by atomic mass is 16.3. The molecule has 0 bridgehead atoms. The first-order chi connectivity index (χ1) is 29.7. The van der Waals surface area contributed by atoms with Crippen molar-refractivity contribution in [2.45, 2.75) is 0 Å². The van der Waals surface area contributed by atoms with E-state index in [0.717, 1.165) is 83.2 Å². The molecule has 2 aromatic heterocycles. The normalized spacial score (nSPS) is 11.3. The maximum absolute atomic E-state index is 6.66. The number of nitrogens with zero attached hydrogens (tertiary/aromatic N) is 4. The molecule has 5 nitrogen and oxygen atoms in total. The fraction of sp³-hybridized carbons (Fsp3) is 0. The summed E-state index contributed by atoms with van der Waals surface area (Å²) in [5, 5.41) is 4.31. The van der Waals surface area contributed by atoms with Crippen LogP contribution in [0.2, 0.25) is 0 Å². The molecular weight excluding hydrogens is 733 g/mol. The number of hydrogen-bond acceptors (Lipinski definition) is 5. The van der Waals surface area contributed by atoms with E-state index in [-0.39, 0.29) is 0 Å². The lowest BCUT2D eigenvalue weighted by Crippen LogP contribution is -2.09. The van der Waals surface area contributed by atoms with Gasteiger partial charge in [-0.1, -0.05) is 170 Å². The molecule has 0 saturated carbocycles. The Morgan fingerprint density at radius 3 is 1.32 bits per heavy atom. The molecule has 11 rings (SSSR count). The first-order valence-electron chi connectivity index (χ1n) is 20.1. The predicted octanol–water partition coefficient (Wildman–Crippen LogP) is 14.7. The van der Waals surface area contributed by atoms with Crippen molar-refractivity contribution in [3.8, 4) is 56.4 Å². The van der Waals surface area contributed by atoms with Gasteiger partial charge in [-0.2, -0.15) is 0 Å². The van der Waals surface area contributed by atoms with Crippen LogP contribution in [0.3, 0.4) is 0 Å². The van der Waals surface area contributed by atoms with Gasteiger partial charge in [0.15, 0.2) is 17.5 Å². The number of fused-ring (bicyclic) bond motifs is 5. The molecule has 0 amide bonds. The van der Waals surface area contributed by atoms with Crippen molar-refractivity contribution in [2.75, 3.05) is 4.90 Å². The first-order valence-corrected chi connectivity index (χ1v) is 20.1. The van der Waals surface area contributed by atoms with Crippen LogP contribution in [0, 0.1) is 0 Å². The summed E-state index contributed by atoms with van der Waals surface area (Å²) in [7, 11) is 0. The molecule has 0 spiro atoms. The molecular formula is C55H36N4O. The topological polar surface area (TPSA) is 55.1 Å². The average molecular weight is 769 g/mol. The van der Waals surface area contributed by atoms with Gasteiger partial charge in [0.25, 0.3) is 0 Å². The van der Waals surface area contributed by atoms with Crippen LogP contribution in [0.5, 0.6) is 0 Å². The van der Waals surface area contributed by atoms with Gasteiger partial charge in [0.2, 0.25) is 0 Å². The van der Waals surface area contributed by atoms with Crippen molar-refractivity contribution in [3.63, 3.8) is 0 Å². The molecule has 0 atom stereocenters. The highest BCUT2D eigenvalue weighted by Gasteiger charge is 2.19. The van der Waals surface area contributed by atoms with Crippen LogP contribution in [0.4, 0.5) is 17.1 Å². The summed E-state index contributed by atoms with van der Waals surface area (Å²) in [4.78, 5) is 17.3. The maximum atomic E-state index is 6.66. The van der Waals surface area contributed by atoms with E-state index < -0.39 is 0 Å². The zero-order valence-corrected chi connectivity index (χ0v) is 32.5. The molecule has 0 aliphatic heterocycles. The number of para-hydroxylation sites is 3. The third-order valence-corrected chi connectivity index (χ3v) is 11.1. The summed E-state index contributed by atoms with van der Waals surface area (Å²) in [6.07, 6.45) is 0. The van der Waals surface area contributed by atoms with Crippen LogP contribution in [0.1, 0.15) is 0 Å². The minimum Gasteiger partial charge on any atom is -0.455 e. The van der Waals surface area contributed by atoms with E-state index in [1.54, 1.807) is 0 Å². The molecule has 0 N–H and O–H groups in total. The van der Waals surface area contributed by atoms with Crippen molar-refractivity contribution in [1.82, 2.24) is 15.0 Å². The molecule has 0 aliphatic rings. The summed E-state index contributed by atoms with van der Waals surface area (Å²) in [5.74, 6) is 1.87. The second-order valence-electron chi connectivity index (χ2n) is 14.8. The minimum atomic E-state index is 0.616. The second-order valence-corrected chi connectivity index (χ2v) is 14.8. The molecule has 60 heavy (non-hydrogen) atoms.